The SMILES string of the molecule is COc1ccccc1CCCc1ccc(C#CC#Cc2ccc(C(=O)N[C@H](C(=O)CO)[C@@H](C)O)cc2)cc1. The molecule has 194 valence electrons. The summed E-state index contributed by atoms with van der Waals surface area (Å²) in [6, 6.07) is 21.6. The van der Waals surface area contributed by atoms with Gasteiger partial charge >= 0.3 is 0 Å². The Hall–Kier alpha value is -4.36. The quantitative estimate of drug-likeness (QED) is 0.365. The van der Waals surface area contributed by atoms with Crippen molar-refractivity contribution in [3.8, 4) is 29.4 Å². The molecule has 0 aliphatic carbocycles. The molecule has 6 heteroatoms. The third-order valence-corrected chi connectivity index (χ3v) is 5.95. The zero-order valence-electron chi connectivity index (χ0n) is 21.5. The second-order valence-corrected chi connectivity index (χ2v) is 8.76. The summed E-state index contributed by atoms with van der Waals surface area (Å²) < 4.78 is 5.42. The summed E-state index contributed by atoms with van der Waals surface area (Å²) in [5.74, 6) is 11.4. The molecule has 0 radical (unpaired) electrons. The topological polar surface area (TPSA) is 95.9 Å². The van der Waals surface area contributed by atoms with Crippen LogP contribution in [-0.2, 0) is 17.6 Å². The van der Waals surface area contributed by atoms with E-state index in [-0.39, 0.29) is 0 Å². The molecular formula is C32H31NO5. The molecule has 0 saturated carbocycles. The second-order valence-electron chi connectivity index (χ2n) is 8.76. The maximum Gasteiger partial charge on any atom is 0.251 e. The number of aliphatic hydroxyl groups excluding tert-OH is 2. The molecule has 0 heterocycles. The fourth-order valence-corrected chi connectivity index (χ4v) is 3.85. The Kier molecular flexibility index (Phi) is 10.7. The Morgan fingerprint density at radius 2 is 1.50 bits per heavy atom. The number of carbonyl (C=O) groups is 2. The van der Waals surface area contributed by atoms with E-state index in [1.54, 1.807) is 31.4 Å². The van der Waals surface area contributed by atoms with Gasteiger partial charge in [0.1, 0.15) is 18.4 Å². The molecule has 0 bridgehead atoms. The van der Waals surface area contributed by atoms with Gasteiger partial charge in [0.05, 0.1) is 13.2 Å². The smallest absolute Gasteiger partial charge is 0.251 e. The van der Waals surface area contributed by atoms with Crippen molar-refractivity contribution in [2.75, 3.05) is 13.7 Å². The van der Waals surface area contributed by atoms with Gasteiger partial charge < -0.3 is 20.3 Å². The number of para-hydroxylation sites is 1. The Balaban J connectivity index is 1.51. The average Bonchev–Trinajstić information content (AvgIpc) is 2.94. The lowest BCUT2D eigenvalue weighted by Crippen LogP contribution is -2.48. The van der Waals surface area contributed by atoms with Crippen molar-refractivity contribution in [2.45, 2.75) is 38.3 Å². The van der Waals surface area contributed by atoms with Crippen LogP contribution in [-0.4, -0.2) is 47.8 Å². The minimum atomic E-state index is -1.17. The number of aliphatic hydroxyl groups is 2. The van der Waals surface area contributed by atoms with E-state index in [2.05, 4.69) is 47.2 Å². The van der Waals surface area contributed by atoms with E-state index < -0.39 is 30.4 Å². The fourth-order valence-electron chi connectivity index (χ4n) is 3.85. The largest absolute Gasteiger partial charge is 0.496 e. The Morgan fingerprint density at radius 1 is 0.895 bits per heavy atom. The fraction of sp³-hybridized carbons (Fsp3) is 0.250. The van der Waals surface area contributed by atoms with Gasteiger partial charge in [-0.3, -0.25) is 9.59 Å². The number of Topliss-reactive ketones (excluding diaryl/α,β-unsaturated/α-hetero) is 1. The van der Waals surface area contributed by atoms with Gasteiger partial charge in [0.2, 0.25) is 0 Å². The van der Waals surface area contributed by atoms with Crippen LogP contribution in [0.5, 0.6) is 5.75 Å². The first-order chi connectivity index (χ1) is 18.4. The molecule has 0 saturated heterocycles. The highest BCUT2D eigenvalue weighted by Gasteiger charge is 2.25. The van der Waals surface area contributed by atoms with E-state index in [0.717, 1.165) is 30.6 Å². The summed E-state index contributed by atoms with van der Waals surface area (Å²) in [4.78, 5) is 24.1. The molecule has 0 aromatic heterocycles. The number of methoxy groups -OCH3 is 1. The lowest BCUT2D eigenvalue weighted by molar-refractivity contribution is -0.125. The minimum Gasteiger partial charge on any atom is -0.496 e. The molecule has 0 fully saturated rings. The van der Waals surface area contributed by atoms with Gasteiger partial charge in [-0.25, -0.2) is 0 Å². The first kappa shape index (κ1) is 28.2. The van der Waals surface area contributed by atoms with Crippen LogP contribution in [0.15, 0.2) is 72.8 Å². The number of benzene rings is 3. The van der Waals surface area contributed by atoms with Crippen molar-refractivity contribution in [1.29, 1.82) is 0 Å². The van der Waals surface area contributed by atoms with E-state index in [9.17, 15) is 14.7 Å². The third kappa shape index (κ3) is 8.35. The van der Waals surface area contributed by atoms with Crippen molar-refractivity contribution in [1.82, 2.24) is 5.32 Å². The van der Waals surface area contributed by atoms with Crippen LogP contribution in [0.25, 0.3) is 0 Å². The number of amides is 1. The lowest BCUT2D eigenvalue weighted by Gasteiger charge is -2.19. The molecule has 6 nitrogen and oxygen atoms in total. The van der Waals surface area contributed by atoms with Gasteiger partial charge in [-0.05, 0) is 91.6 Å². The summed E-state index contributed by atoms with van der Waals surface area (Å²) in [5, 5.41) is 21.1. The van der Waals surface area contributed by atoms with Gasteiger partial charge in [0.25, 0.3) is 5.91 Å². The number of hydrogen-bond donors (Lipinski definition) is 3. The molecule has 0 aliphatic heterocycles. The highest BCUT2D eigenvalue weighted by molar-refractivity contribution is 5.98. The van der Waals surface area contributed by atoms with Crippen LogP contribution in [0.1, 0.15) is 46.0 Å². The second kappa shape index (κ2) is 14.4. The minimum absolute atomic E-state index is 0.306. The van der Waals surface area contributed by atoms with Crippen LogP contribution in [0, 0.1) is 23.7 Å². The van der Waals surface area contributed by atoms with E-state index in [0.29, 0.717) is 11.1 Å². The maximum atomic E-state index is 12.4. The molecule has 2 atom stereocenters. The van der Waals surface area contributed by atoms with Crippen molar-refractivity contribution in [3.63, 3.8) is 0 Å². The summed E-state index contributed by atoms with van der Waals surface area (Å²) >= 11 is 0. The predicted octanol–water partition coefficient (Wildman–Crippen LogP) is 3.31. The number of carbonyl (C=O) groups excluding carboxylic acids is 2. The van der Waals surface area contributed by atoms with E-state index in [1.165, 1.54) is 18.1 Å². The van der Waals surface area contributed by atoms with Crippen molar-refractivity contribution in [3.05, 3.63) is 101 Å². The van der Waals surface area contributed by atoms with Gasteiger partial charge in [-0.1, -0.05) is 42.2 Å². The highest BCUT2D eigenvalue weighted by Crippen LogP contribution is 2.19. The molecule has 3 N–H and O–H groups in total. The summed E-state index contributed by atoms with van der Waals surface area (Å²) in [5.41, 5.74) is 4.33. The Bertz CT molecular complexity index is 1350. The average molecular weight is 510 g/mol. The monoisotopic (exact) mass is 509 g/mol. The summed E-state index contributed by atoms with van der Waals surface area (Å²) in [6.45, 7) is 0.609. The van der Waals surface area contributed by atoms with Gasteiger partial charge in [-0.2, -0.15) is 0 Å². The molecule has 3 aromatic carbocycles. The van der Waals surface area contributed by atoms with Gasteiger partial charge in [0.15, 0.2) is 5.78 Å². The predicted molar refractivity (Wildman–Crippen MR) is 147 cm³/mol. The van der Waals surface area contributed by atoms with Crippen LogP contribution < -0.4 is 10.1 Å². The van der Waals surface area contributed by atoms with Crippen LogP contribution in [0.3, 0.4) is 0 Å². The standard InChI is InChI=1S/C32H31NO5/c1-23(35)31(29(36)22-34)33-32(37)28-20-18-25(19-21-28)9-4-3-8-24-14-16-26(17-15-24)10-7-12-27-11-5-6-13-30(27)38-2/h5-6,11,13-21,23,31,34-35H,7,10,12,22H2,1-2H3,(H,33,37)/t23-,31+/m1/s1. The molecule has 3 rings (SSSR count). The molecule has 3 aromatic rings. The van der Waals surface area contributed by atoms with Gasteiger partial charge in [-0.15, -0.1) is 0 Å². The molecule has 38 heavy (non-hydrogen) atoms. The van der Waals surface area contributed by atoms with E-state index in [1.807, 2.05) is 30.3 Å². The first-order valence-corrected chi connectivity index (χ1v) is 12.4. The molecule has 1 amide bonds. The molecule has 0 aliphatic rings. The van der Waals surface area contributed by atoms with Gasteiger partial charge in [0, 0.05) is 16.7 Å². The number of hydrogen-bond acceptors (Lipinski definition) is 5. The number of ketones is 1. The highest BCUT2D eigenvalue weighted by atomic mass is 16.5. The van der Waals surface area contributed by atoms with Crippen molar-refractivity contribution < 1.29 is 24.5 Å². The van der Waals surface area contributed by atoms with Crippen molar-refractivity contribution in [2.24, 2.45) is 0 Å². The summed E-state index contributed by atoms with van der Waals surface area (Å²) in [6.07, 6.45) is 1.83. The summed E-state index contributed by atoms with van der Waals surface area (Å²) in [7, 11) is 1.70. The molecule has 0 unspecified atom stereocenters. The maximum absolute atomic E-state index is 12.4. The molecular weight excluding hydrogens is 478 g/mol. The van der Waals surface area contributed by atoms with E-state index >= 15 is 0 Å². The number of nitrogens with one attached hydrogen (secondary N) is 1. The van der Waals surface area contributed by atoms with Crippen LogP contribution in [0.2, 0.25) is 0 Å². The number of ether oxygens (including phenoxy) is 1. The Morgan fingerprint density at radius 3 is 2.08 bits per heavy atom. The van der Waals surface area contributed by atoms with Crippen LogP contribution in [0.4, 0.5) is 0 Å². The number of rotatable bonds is 10. The van der Waals surface area contributed by atoms with Crippen molar-refractivity contribution >= 4 is 11.7 Å². The third-order valence-electron chi connectivity index (χ3n) is 5.95. The zero-order valence-corrected chi connectivity index (χ0v) is 21.5. The van der Waals surface area contributed by atoms with Crippen LogP contribution >= 0.6 is 0 Å². The first-order valence-electron chi connectivity index (χ1n) is 12.4. The van der Waals surface area contributed by atoms with E-state index in [4.69, 9.17) is 9.84 Å². The molecule has 0 spiro atoms. The normalized spacial score (nSPS) is 11.7. The lowest BCUT2D eigenvalue weighted by atomic mass is 10.0. The number of aryl methyl sites for hydroxylation is 2. The zero-order chi connectivity index (χ0) is 27.3. The Labute approximate surface area is 223 Å².